The third kappa shape index (κ3) is 4.43. The van der Waals surface area contributed by atoms with E-state index in [-0.39, 0.29) is 0 Å². The van der Waals surface area contributed by atoms with Crippen molar-refractivity contribution in [2.75, 3.05) is 19.6 Å². The van der Waals surface area contributed by atoms with E-state index in [9.17, 15) is 0 Å². The van der Waals surface area contributed by atoms with Crippen molar-refractivity contribution in [2.24, 2.45) is 11.1 Å². The Balaban J connectivity index is 1.92. The van der Waals surface area contributed by atoms with E-state index >= 15 is 0 Å². The predicted octanol–water partition coefficient (Wildman–Crippen LogP) is 2.29. The lowest BCUT2D eigenvalue weighted by molar-refractivity contribution is 0.314. The van der Waals surface area contributed by atoms with Crippen molar-refractivity contribution in [1.29, 1.82) is 0 Å². The molecule has 1 fully saturated rings. The molecule has 0 aromatic rings. The number of nitrogens with two attached hydrogens (primary N) is 1. The Morgan fingerprint density at radius 2 is 1.86 bits per heavy atom. The second-order valence-electron chi connectivity index (χ2n) is 5.04. The molecular formula is C12H26N2. The average molecular weight is 198 g/mol. The van der Waals surface area contributed by atoms with E-state index in [0.717, 1.165) is 6.54 Å². The van der Waals surface area contributed by atoms with Crippen molar-refractivity contribution in [3.8, 4) is 0 Å². The lowest BCUT2D eigenvalue weighted by Crippen LogP contribution is -2.30. The van der Waals surface area contributed by atoms with Crippen LogP contribution in [0.15, 0.2) is 0 Å². The van der Waals surface area contributed by atoms with Gasteiger partial charge in [-0.15, -0.1) is 0 Å². The van der Waals surface area contributed by atoms with Crippen LogP contribution in [0, 0.1) is 5.41 Å². The second-order valence-corrected chi connectivity index (χ2v) is 5.04. The van der Waals surface area contributed by atoms with Gasteiger partial charge in [0.15, 0.2) is 0 Å². The van der Waals surface area contributed by atoms with Crippen molar-refractivity contribution in [1.82, 2.24) is 5.32 Å². The van der Waals surface area contributed by atoms with Gasteiger partial charge in [0, 0.05) is 6.54 Å². The summed E-state index contributed by atoms with van der Waals surface area (Å²) >= 11 is 0. The highest BCUT2D eigenvalue weighted by atomic mass is 14.9. The molecular weight excluding hydrogens is 172 g/mol. The van der Waals surface area contributed by atoms with Crippen LogP contribution >= 0.6 is 0 Å². The maximum atomic E-state index is 5.44. The minimum Gasteiger partial charge on any atom is -0.330 e. The highest BCUT2D eigenvalue weighted by Crippen LogP contribution is 2.36. The predicted molar refractivity (Wildman–Crippen MR) is 62.4 cm³/mol. The summed E-state index contributed by atoms with van der Waals surface area (Å²) in [5, 5.41) is 3.59. The van der Waals surface area contributed by atoms with E-state index < -0.39 is 0 Å². The van der Waals surface area contributed by atoms with Gasteiger partial charge in [0.2, 0.25) is 0 Å². The van der Waals surface area contributed by atoms with Gasteiger partial charge in [-0.2, -0.15) is 0 Å². The Morgan fingerprint density at radius 3 is 2.50 bits per heavy atom. The first-order chi connectivity index (χ1) is 6.77. The zero-order valence-electron chi connectivity index (χ0n) is 9.65. The van der Waals surface area contributed by atoms with Gasteiger partial charge in [-0.05, 0) is 44.2 Å². The van der Waals surface area contributed by atoms with Crippen LogP contribution in [-0.4, -0.2) is 19.6 Å². The fourth-order valence-electron chi connectivity index (χ4n) is 2.37. The van der Waals surface area contributed by atoms with Gasteiger partial charge in [0.25, 0.3) is 0 Å². The number of rotatable bonds is 7. The van der Waals surface area contributed by atoms with Gasteiger partial charge in [0.05, 0.1) is 0 Å². The van der Waals surface area contributed by atoms with Gasteiger partial charge in [-0.1, -0.05) is 26.2 Å². The zero-order valence-corrected chi connectivity index (χ0v) is 9.65. The van der Waals surface area contributed by atoms with Gasteiger partial charge in [-0.3, -0.25) is 0 Å². The summed E-state index contributed by atoms with van der Waals surface area (Å²) in [7, 11) is 0. The average Bonchev–Trinajstić information content (AvgIpc) is 2.59. The van der Waals surface area contributed by atoms with Crippen LogP contribution in [0.4, 0.5) is 0 Å². The summed E-state index contributed by atoms with van der Waals surface area (Å²) in [6, 6.07) is 0. The molecule has 2 nitrogen and oxygen atoms in total. The minimum absolute atomic E-state index is 0.605. The molecule has 2 heteroatoms. The highest BCUT2D eigenvalue weighted by molar-refractivity contribution is 4.82. The standard InChI is InChI=1S/C12H26N2/c1-12(7-3-4-8-12)11-14-10-6-2-5-9-13/h14H,2-11,13H2,1H3. The van der Waals surface area contributed by atoms with Crippen molar-refractivity contribution in [3.63, 3.8) is 0 Å². The molecule has 84 valence electrons. The van der Waals surface area contributed by atoms with Crippen molar-refractivity contribution in [2.45, 2.75) is 51.9 Å². The topological polar surface area (TPSA) is 38.0 Å². The Bertz CT molecular complexity index is 139. The first-order valence-electron chi connectivity index (χ1n) is 6.18. The number of hydrogen-bond donors (Lipinski definition) is 2. The van der Waals surface area contributed by atoms with Gasteiger partial charge >= 0.3 is 0 Å². The molecule has 0 unspecified atom stereocenters. The molecule has 0 heterocycles. The molecule has 0 spiro atoms. The minimum atomic E-state index is 0.605. The van der Waals surface area contributed by atoms with E-state index in [2.05, 4.69) is 12.2 Å². The summed E-state index contributed by atoms with van der Waals surface area (Å²) in [6.07, 6.45) is 9.45. The van der Waals surface area contributed by atoms with Crippen LogP contribution in [0.2, 0.25) is 0 Å². The molecule has 1 aliphatic carbocycles. The quantitative estimate of drug-likeness (QED) is 0.616. The zero-order chi connectivity index (χ0) is 10.3. The van der Waals surface area contributed by atoms with E-state index in [0.29, 0.717) is 5.41 Å². The van der Waals surface area contributed by atoms with E-state index in [1.807, 2.05) is 0 Å². The molecule has 1 rings (SSSR count). The molecule has 0 aromatic heterocycles. The van der Waals surface area contributed by atoms with Crippen LogP contribution in [0.5, 0.6) is 0 Å². The number of nitrogens with one attached hydrogen (secondary N) is 1. The molecule has 0 aliphatic heterocycles. The Labute approximate surface area is 88.6 Å². The van der Waals surface area contributed by atoms with Crippen molar-refractivity contribution < 1.29 is 0 Å². The highest BCUT2D eigenvalue weighted by Gasteiger charge is 2.27. The summed E-state index contributed by atoms with van der Waals surface area (Å²) in [6.45, 7) is 5.66. The Kier molecular flexibility index (Phi) is 5.49. The molecule has 0 amide bonds. The fourth-order valence-corrected chi connectivity index (χ4v) is 2.37. The van der Waals surface area contributed by atoms with Gasteiger partial charge < -0.3 is 11.1 Å². The molecule has 1 saturated carbocycles. The lowest BCUT2D eigenvalue weighted by Gasteiger charge is -2.23. The molecule has 14 heavy (non-hydrogen) atoms. The molecule has 0 aromatic carbocycles. The van der Waals surface area contributed by atoms with Crippen LogP contribution in [-0.2, 0) is 0 Å². The summed E-state index contributed by atoms with van der Waals surface area (Å²) in [4.78, 5) is 0. The van der Waals surface area contributed by atoms with Crippen LogP contribution in [0.1, 0.15) is 51.9 Å². The smallest absolute Gasteiger partial charge is 0.000516 e. The first-order valence-corrected chi connectivity index (χ1v) is 6.18. The molecule has 0 saturated heterocycles. The summed E-state index contributed by atoms with van der Waals surface area (Å²) in [5.41, 5.74) is 6.05. The van der Waals surface area contributed by atoms with Crippen LogP contribution in [0.3, 0.4) is 0 Å². The van der Waals surface area contributed by atoms with Crippen LogP contribution < -0.4 is 11.1 Å². The lowest BCUT2D eigenvalue weighted by atomic mass is 9.89. The first kappa shape index (κ1) is 12.0. The fraction of sp³-hybridized carbons (Fsp3) is 1.00. The Hall–Kier alpha value is -0.0800. The maximum absolute atomic E-state index is 5.44. The Morgan fingerprint density at radius 1 is 1.14 bits per heavy atom. The van der Waals surface area contributed by atoms with E-state index in [4.69, 9.17) is 5.73 Å². The van der Waals surface area contributed by atoms with Crippen molar-refractivity contribution >= 4 is 0 Å². The number of unbranched alkanes of at least 4 members (excludes halogenated alkanes) is 2. The molecule has 0 bridgehead atoms. The monoisotopic (exact) mass is 198 g/mol. The third-order valence-electron chi connectivity index (χ3n) is 3.42. The van der Waals surface area contributed by atoms with E-state index in [1.54, 1.807) is 0 Å². The van der Waals surface area contributed by atoms with Gasteiger partial charge in [-0.25, -0.2) is 0 Å². The molecule has 3 N–H and O–H groups in total. The summed E-state index contributed by atoms with van der Waals surface area (Å²) < 4.78 is 0. The van der Waals surface area contributed by atoms with E-state index in [1.165, 1.54) is 58.0 Å². The third-order valence-corrected chi connectivity index (χ3v) is 3.42. The van der Waals surface area contributed by atoms with Gasteiger partial charge in [0.1, 0.15) is 0 Å². The van der Waals surface area contributed by atoms with Crippen LogP contribution in [0.25, 0.3) is 0 Å². The SMILES string of the molecule is CC1(CNCCCCCN)CCCC1. The molecule has 0 atom stereocenters. The van der Waals surface area contributed by atoms with Crippen molar-refractivity contribution in [3.05, 3.63) is 0 Å². The summed E-state index contributed by atoms with van der Waals surface area (Å²) in [5.74, 6) is 0. The normalized spacial score (nSPS) is 20.1. The number of hydrogen-bond acceptors (Lipinski definition) is 2. The molecule has 0 radical (unpaired) electrons. The maximum Gasteiger partial charge on any atom is 0.000516 e. The largest absolute Gasteiger partial charge is 0.330 e. The molecule has 1 aliphatic rings. The second kappa shape index (κ2) is 6.41.